The molecule has 1 atom stereocenters. The molecule has 0 rings (SSSR count). The second kappa shape index (κ2) is 4.91. The average molecular weight is 138 g/mol. The Balaban J connectivity index is 3.98. The zero-order valence-corrected chi connectivity index (χ0v) is 6.83. The van der Waals surface area contributed by atoms with Crippen molar-refractivity contribution < 1.29 is 0 Å². The van der Waals surface area contributed by atoms with Crippen molar-refractivity contribution in [2.24, 2.45) is 15.9 Å². The molecule has 2 heteroatoms. The zero-order chi connectivity index (χ0) is 7.98. The smallest absolute Gasteiger partial charge is 0.0332 e. The van der Waals surface area contributed by atoms with E-state index in [1.54, 1.807) is 7.05 Å². The van der Waals surface area contributed by atoms with E-state index in [0.717, 1.165) is 5.70 Å². The fraction of sp³-hybridized carbons (Fsp3) is 0.500. The third kappa shape index (κ3) is 4.01. The Hall–Kier alpha value is -0.920. The van der Waals surface area contributed by atoms with E-state index in [1.807, 2.05) is 19.2 Å². The highest BCUT2D eigenvalue weighted by molar-refractivity contribution is 5.62. The molecule has 10 heavy (non-hydrogen) atoms. The van der Waals surface area contributed by atoms with Crippen LogP contribution in [0.1, 0.15) is 13.8 Å². The van der Waals surface area contributed by atoms with E-state index in [1.165, 1.54) is 0 Å². The van der Waals surface area contributed by atoms with Gasteiger partial charge in [0.1, 0.15) is 0 Å². The SMILES string of the molecule is C=N/C(C)=C\C(C)/C=N/C. The summed E-state index contributed by atoms with van der Waals surface area (Å²) in [7, 11) is 1.76. The molecule has 0 saturated carbocycles. The summed E-state index contributed by atoms with van der Waals surface area (Å²) in [5.41, 5.74) is 0.951. The van der Waals surface area contributed by atoms with Crippen molar-refractivity contribution in [1.29, 1.82) is 0 Å². The van der Waals surface area contributed by atoms with E-state index in [-0.39, 0.29) is 0 Å². The van der Waals surface area contributed by atoms with Crippen molar-refractivity contribution in [2.75, 3.05) is 7.05 Å². The molecule has 0 aromatic carbocycles. The van der Waals surface area contributed by atoms with Crippen LogP contribution < -0.4 is 0 Å². The molecule has 0 aromatic rings. The van der Waals surface area contributed by atoms with Crippen LogP contribution in [0.15, 0.2) is 21.8 Å². The van der Waals surface area contributed by atoms with Gasteiger partial charge in [0.15, 0.2) is 0 Å². The molecule has 0 heterocycles. The first-order valence-electron chi connectivity index (χ1n) is 3.28. The van der Waals surface area contributed by atoms with Gasteiger partial charge in [0.25, 0.3) is 0 Å². The summed E-state index contributed by atoms with van der Waals surface area (Å²) in [6.07, 6.45) is 3.88. The maximum absolute atomic E-state index is 3.89. The fourth-order valence-corrected chi connectivity index (χ4v) is 0.711. The zero-order valence-electron chi connectivity index (χ0n) is 6.83. The van der Waals surface area contributed by atoms with Crippen molar-refractivity contribution in [3.63, 3.8) is 0 Å². The number of rotatable bonds is 3. The summed E-state index contributed by atoms with van der Waals surface area (Å²) < 4.78 is 0. The molecule has 2 nitrogen and oxygen atoms in total. The van der Waals surface area contributed by atoms with Gasteiger partial charge in [-0.05, 0) is 13.6 Å². The molecule has 0 amide bonds. The first-order chi connectivity index (χ1) is 4.70. The van der Waals surface area contributed by atoms with Crippen molar-refractivity contribution in [2.45, 2.75) is 13.8 Å². The highest BCUT2D eigenvalue weighted by Crippen LogP contribution is 2.00. The Bertz CT molecular complexity index is 157. The van der Waals surface area contributed by atoms with Crippen LogP contribution in [0, 0.1) is 5.92 Å². The fourth-order valence-electron chi connectivity index (χ4n) is 0.711. The van der Waals surface area contributed by atoms with Crippen LogP contribution in [0.3, 0.4) is 0 Å². The Morgan fingerprint density at radius 1 is 1.60 bits per heavy atom. The lowest BCUT2D eigenvalue weighted by atomic mass is 10.2. The lowest BCUT2D eigenvalue weighted by Crippen LogP contribution is -1.90. The average Bonchev–Trinajstić information content (AvgIpc) is 1.88. The molecule has 0 radical (unpaired) electrons. The molecule has 1 unspecified atom stereocenters. The Morgan fingerprint density at radius 2 is 2.20 bits per heavy atom. The number of aliphatic imine (C=N–C) groups is 2. The van der Waals surface area contributed by atoms with E-state index in [4.69, 9.17) is 0 Å². The molecule has 0 aromatic heterocycles. The minimum atomic E-state index is 0.357. The Morgan fingerprint density at radius 3 is 2.60 bits per heavy atom. The van der Waals surface area contributed by atoms with E-state index in [0.29, 0.717) is 5.92 Å². The van der Waals surface area contributed by atoms with Gasteiger partial charge in [-0.25, -0.2) is 0 Å². The van der Waals surface area contributed by atoms with E-state index < -0.39 is 0 Å². The molecule has 0 aliphatic heterocycles. The first kappa shape index (κ1) is 9.08. The summed E-state index contributed by atoms with van der Waals surface area (Å²) in [5.74, 6) is 0.357. The summed E-state index contributed by atoms with van der Waals surface area (Å²) in [6.45, 7) is 7.39. The number of nitrogens with zero attached hydrogens (tertiary/aromatic N) is 2. The van der Waals surface area contributed by atoms with E-state index in [2.05, 4.69) is 23.6 Å². The lowest BCUT2D eigenvalue weighted by Gasteiger charge is -1.96. The Labute approximate surface area is 62.4 Å². The summed E-state index contributed by atoms with van der Waals surface area (Å²) in [6, 6.07) is 0. The van der Waals surface area contributed by atoms with Crippen LogP contribution >= 0.6 is 0 Å². The van der Waals surface area contributed by atoms with Gasteiger partial charge in [0.05, 0.1) is 0 Å². The molecule has 0 aliphatic carbocycles. The molecule has 0 aliphatic rings. The minimum Gasteiger partial charge on any atom is -0.300 e. The van der Waals surface area contributed by atoms with Crippen LogP contribution in [-0.4, -0.2) is 20.0 Å². The van der Waals surface area contributed by atoms with Gasteiger partial charge in [-0.15, -0.1) is 0 Å². The van der Waals surface area contributed by atoms with Crippen LogP contribution in [-0.2, 0) is 0 Å². The van der Waals surface area contributed by atoms with Crippen LogP contribution in [0.25, 0.3) is 0 Å². The minimum absolute atomic E-state index is 0.357. The summed E-state index contributed by atoms with van der Waals surface area (Å²) in [4.78, 5) is 7.65. The normalized spacial score (nSPS) is 15.7. The van der Waals surface area contributed by atoms with E-state index in [9.17, 15) is 0 Å². The Kier molecular flexibility index (Phi) is 4.46. The quantitative estimate of drug-likeness (QED) is 0.532. The van der Waals surface area contributed by atoms with E-state index >= 15 is 0 Å². The van der Waals surface area contributed by atoms with Gasteiger partial charge in [-0.1, -0.05) is 13.0 Å². The van der Waals surface area contributed by atoms with Crippen molar-refractivity contribution in [3.05, 3.63) is 11.8 Å². The molecular formula is C8H14N2. The third-order valence-electron chi connectivity index (χ3n) is 1.14. The van der Waals surface area contributed by atoms with Crippen molar-refractivity contribution in [1.82, 2.24) is 0 Å². The molecule has 0 N–H and O–H groups in total. The first-order valence-corrected chi connectivity index (χ1v) is 3.28. The van der Waals surface area contributed by atoms with Crippen LogP contribution in [0.2, 0.25) is 0 Å². The van der Waals surface area contributed by atoms with Gasteiger partial charge < -0.3 is 4.99 Å². The summed E-state index contributed by atoms with van der Waals surface area (Å²) in [5, 5.41) is 0. The number of hydrogen-bond acceptors (Lipinski definition) is 2. The molecule has 0 bridgehead atoms. The van der Waals surface area contributed by atoms with Gasteiger partial charge >= 0.3 is 0 Å². The predicted octanol–water partition coefficient (Wildman–Crippen LogP) is 1.93. The van der Waals surface area contributed by atoms with Gasteiger partial charge in [0.2, 0.25) is 0 Å². The van der Waals surface area contributed by atoms with Crippen molar-refractivity contribution >= 4 is 12.9 Å². The summed E-state index contributed by atoms with van der Waals surface area (Å²) >= 11 is 0. The van der Waals surface area contributed by atoms with Crippen LogP contribution in [0.4, 0.5) is 0 Å². The lowest BCUT2D eigenvalue weighted by molar-refractivity contribution is 0.995. The molecule has 0 saturated heterocycles. The maximum atomic E-state index is 3.89. The topological polar surface area (TPSA) is 24.7 Å². The highest BCUT2D eigenvalue weighted by Gasteiger charge is 1.90. The standard InChI is InChI=1S/C8H14N2/c1-7(6-9-3)5-8(2)10-4/h5-7H,4H2,1-3H3/b8-5-,9-6+. The molecule has 0 spiro atoms. The van der Waals surface area contributed by atoms with Gasteiger partial charge in [-0.3, -0.25) is 4.99 Å². The van der Waals surface area contributed by atoms with Crippen LogP contribution in [0.5, 0.6) is 0 Å². The second-order valence-corrected chi connectivity index (χ2v) is 2.23. The maximum Gasteiger partial charge on any atom is 0.0332 e. The van der Waals surface area contributed by atoms with Gasteiger partial charge in [0, 0.05) is 24.9 Å². The van der Waals surface area contributed by atoms with Crippen molar-refractivity contribution in [3.8, 4) is 0 Å². The monoisotopic (exact) mass is 138 g/mol. The molecular weight excluding hydrogens is 124 g/mol. The highest BCUT2D eigenvalue weighted by atomic mass is 14.7. The second-order valence-electron chi connectivity index (χ2n) is 2.23. The molecule has 0 fully saturated rings. The number of hydrogen-bond donors (Lipinski definition) is 0. The predicted molar refractivity (Wildman–Crippen MR) is 46.9 cm³/mol. The third-order valence-corrected chi connectivity index (χ3v) is 1.14. The van der Waals surface area contributed by atoms with Gasteiger partial charge in [-0.2, -0.15) is 0 Å². The molecule has 56 valence electrons. The largest absolute Gasteiger partial charge is 0.300 e. The number of allylic oxidation sites excluding steroid dienone is 2.